The van der Waals surface area contributed by atoms with Gasteiger partial charge in [-0.3, -0.25) is 10.8 Å². The maximum absolute atomic E-state index is 7.07. The molecule has 0 saturated carbocycles. The van der Waals surface area contributed by atoms with Crippen molar-refractivity contribution in [3.63, 3.8) is 0 Å². The number of guanidine groups is 2. The molecular formula is C7H16N8. The Morgan fingerprint density at radius 2 is 1.60 bits per heavy atom. The first kappa shape index (κ1) is 12.9. The molecule has 0 unspecified atom stereocenters. The molecule has 0 amide bonds. The molecule has 0 spiro atoms. The molecule has 0 aromatic heterocycles. The summed E-state index contributed by atoms with van der Waals surface area (Å²) in [6, 6.07) is 0. The van der Waals surface area contributed by atoms with E-state index in [1.807, 2.05) is 0 Å². The molecule has 0 bridgehead atoms. The van der Waals surface area contributed by atoms with Gasteiger partial charge < -0.3 is 11.5 Å². The van der Waals surface area contributed by atoms with E-state index in [0.717, 1.165) is 0 Å². The van der Waals surface area contributed by atoms with Crippen molar-refractivity contribution >= 4 is 23.8 Å². The van der Waals surface area contributed by atoms with Gasteiger partial charge in [0.15, 0.2) is 0 Å². The van der Waals surface area contributed by atoms with Crippen LogP contribution < -0.4 is 11.5 Å². The van der Waals surface area contributed by atoms with E-state index in [-0.39, 0.29) is 11.9 Å². The van der Waals surface area contributed by atoms with Crippen molar-refractivity contribution in [3.8, 4) is 0 Å². The van der Waals surface area contributed by atoms with E-state index in [9.17, 15) is 0 Å². The van der Waals surface area contributed by atoms with Crippen molar-refractivity contribution in [3.05, 3.63) is 0 Å². The van der Waals surface area contributed by atoms with Crippen molar-refractivity contribution in [1.82, 2.24) is 10.0 Å². The minimum Gasteiger partial charge on any atom is -0.369 e. The van der Waals surface area contributed by atoms with Crippen LogP contribution in [-0.2, 0) is 0 Å². The van der Waals surface area contributed by atoms with Crippen molar-refractivity contribution < 1.29 is 0 Å². The van der Waals surface area contributed by atoms with E-state index < -0.39 is 0 Å². The van der Waals surface area contributed by atoms with Gasteiger partial charge in [-0.25, -0.2) is 10.0 Å². The highest BCUT2D eigenvalue weighted by Crippen LogP contribution is 1.85. The van der Waals surface area contributed by atoms with Crippen molar-refractivity contribution in [2.45, 2.75) is 6.92 Å². The van der Waals surface area contributed by atoms with Gasteiger partial charge in [-0.15, -0.1) is 0 Å². The summed E-state index contributed by atoms with van der Waals surface area (Å²) in [6.07, 6.45) is 1.42. The van der Waals surface area contributed by atoms with Crippen molar-refractivity contribution in [2.75, 3.05) is 14.1 Å². The average Bonchev–Trinajstić information content (AvgIpc) is 2.13. The van der Waals surface area contributed by atoms with Crippen LogP contribution in [0, 0.1) is 10.8 Å². The van der Waals surface area contributed by atoms with E-state index in [2.05, 4.69) is 10.2 Å². The van der Waals surface area contributed by atoms with Crippen LogP contribution in [0.5, 0.6) is 0 Å². The summed E-state index contributed by atoms with van der Waals surface area (Å²) in [5.74, 6) is -0.332. The first-order chi connectivity index (χ1) is 6.84. The monoisotopic (exact) mass is 212 g/mol. The third-order valence-corrected chi connectivity index (χ3v) is 1.42. The first-order valence-corrected chi connectivity index (χ1v) is 4.09. The molecule has 8 heteroatoms. The zero-order valence-corrected chi connectivity index (χ0v) is 9.02. The van der Waals surface area contributed by atoms with Crippen LogP contribution in [0.15, 0.2) is 10.2 Å². The summed E-state index contributed by atoms with van der Waals surface area (Å²) in [5, 5.41) is 24.2. The third-order valence-electron chi connectivity index (χ3n) is 1.42. The highest BCUT2D eigenvalue weighted by Gasteiger charge is 1.97. The molecule has 0 heterocycles. The van der Waals surface area contributed by atoms with E-state index >= 15 is 0 Å². The van der Waals surface area contributed by atoms with Gasteiger partial charge in [-0.1, -0.05) is 0 Å². The zero-order chi connectivity index (χ0) is 12.0. The number of hydrogen-bond acceptors (Lipinski definition) is 4. The summed E-state index contributed by atoms with van der Waals surface area (Å²) in [6.45, 7) is 1.69. The second-order valence-corrected chi connectivity index (χ2v) is 2.80. The Morgan fingerprint density at radius 3 is 2.00 bits per heavy atom. The van der Waals surface area contributed by atoms with Crippen LogP contribution in [0.1, 0.15) is 6.92 Å². The Balaban J connectivity index is 4.41. The van der Waals surface area contributed by atoms with Crippen molar-refractivity contribution in [2.24, 2.45) is 21.7 Å². The molecular weight excluding hydrogens is 196 g/mol. The number of nitrogens with two attached hydrogens (primary N) is 2. The number of hydrogen-bond donors (Lipinski definition) is 4. The largest absolute Gasteiger partial charge is 0.369 e. The predicted octanol–water partition coefficient (Wildman–Crippen LogP) is -1.00. The molecule has 84 valence electrons. The summed E-state index contributed by atoms with van der Waals surface area (Å²) in [5.41, 5.74) is 10.9. The second-order valence-electron chi connectivity index (χ2n) is 2.80. The fraction of sp³-hybridized carbons (Fsp3) is 0.429. The molecule has 0 saturated heterocycles. The maximum Gasteiger partial charge on any atom is 0.208 e. The Labute approximate surface area is 88.2 Å². The highest BCUT2D eigenvalue weighted by molar-refractivity contribution is 6.29. The van der Waals surface area contributed by atoms with Crippen LogP contribution in [0.2, 0.25) is 0 Å². The average molecular weight is 212 g/mol. The lowest BCUT2D eigenvalue weighted by Gasteiger charge is -2.11. The molecule has 0 atom stereocenters. The van der Waals surface area contributed by atoms with Gasteiger partial charge in [0.1, 0.15) is 0 Å². The van der Waals surface area contributed by atoms with Gasteiger partial charge in [0, 0.05) is 14.1 Å². The number of rotatable bonds is 3. The van der Waals surface area contributed by atoms with E-state index in [1.54, 1.807) is 21.0 Å². The highest BCUT2D eigenvalue weighted by atomic mass is 15.5. The lowest BCUT2D eigenvalue weighted by molar-refractivity contribution is 0.530. The van der Waals surface area contributed by atoms with Gasteiger partial charge in [0.05, 0.1) is 11.9 Å². The molecule has 0 fully saturated rings. The van der Waals surface area contributed by atoms with Gasteiger partial charge in [0.25, 0.3) is 0 Å². The summed E-state index contributed by atoms with van der Waals surface area (Å²) in [4.78, 5) is 0. The summed E-state index contributed by atoms with van der Waals surface area (Å²) < 4.78 is 0. The zero-order valence-electron chi connectivity index (χ0n) is 9.02. The van der Waals surface area contributed by atoms with Gasteiger partial charge >= 0.3 is 0 Å². The minimum absolute atomic E-state index is 0.164. The molecule has 0 aliphatic heterocycles. The predicted molar refractivity (Wildman–Crippen MR) is 61.0 cm³/mol. The Morgan fingerprint density at radius 1 is 1.13 bits per heavy atom. The molecule has 8 nitrogen and oxygen atoms in total. The smallest absolute Gasteiger partial charge is 0.208 e. The quantitative estimate of drug-likeness (QED) is 0.271. The lowest BCUT2D eigenvalue weighted by Crippen LogP contribution is -2.30. The molecule has 15 heavy (non-hydrogen) atoms. The van der Waals surface area contributed by atoms with Crippen molar-refractivity contribution in [1.29, 1.82) is 10.8 Å². The minimum atomic E-state index is -0.168. The molecule has 0 radical (unpaired) electrons. The van der Waals surface area contributed by atoms with E-state index in [1.165, 1.54) is 16.2 Å². The lowest BCUT2D eigenvalue weighted by atomic mass is 10.5. The Kier molecular flexibility index (Phi) is 4.79. The third kappa shape index (κ3) is 5.24. The van der Waals surface area contributed by atoms with Crippen LogP contribution in [-0.4, -0.2) is 48.0 Å². The standard InChI is InChI=1S/C7H16N8/c1-5(13-15(3)7(10)11)4-12-14(2)6(8)9/h4H,1-3H3,(H3,8,9)(H3,10,11). The van der Waals surface area contributed by atoms with Gasteiger partial charge in [-0.05, 0) is 6.92 Å². The SMILES string of the molecule is CC(C=NN(C)C(=N)N)=NN(C)C(=N)N. The van der Waals surface area contributed by atoms with E-state index in [4.69, 9.17) is 22.3 Å². The van der Waals surface area contributed by atoms with Gasteiger partial charge in [-0.2, -0.15) is 10.2 Å². The maximum atomic E-state index is 7.07. The molecule has 0 aliphatic carbocycles. The number of hydrazone groups is 2. The molecule has 6 N–H and O–H groups in total. The van der Waals surface area contributed by atoms with Crippen LogP contribution in [0.3, 0.4) is 0 Å². The Hall–Kier alpha value is -2.12. The molecule has 0 aliphatic rings. The second kappa shape index (κ2) is 5.58. The normalized spacial score (nSPS) is 11.5. The fourth-order valence-corrected chi connectivity index (χ4v) is 0.549. The van der Waals surface area contributed by atoms with Crippen LogP contribution >= 0.6 is 0 Å². The summed E-state index contributed by atoms with van der Waals surface area (Å²) in [7, 11) is 3.09. The van der Waals surface area contributed by atoms with Crippen LogP contribution in [0.25, 0.3) is 0 Å². The first-order valence-electron chi connectivity index (χ1n) is 4.09. The fourth-order valence-electron chi connectivity index (χ4n) is 0.549. The van der Waals surface area contributed by atoms with E-state index in [0.29, 0.717) is 5.71 Å². The van der Waals surface area contributed by atoms with Gasteiger partial charge in [0.2, 0.25) is 11.9 Å². The number of nitrogens with zero attached hydrogens (tertiary/aromatic N) is 4. The number of nitrogens with one attached hydrogen (secondary N) is 2. The Bertz CT molecular complexity index is 304. The topological polar surface area (TPSA) is 131 Å². The molecule has 0 rings (SSSR count). The van der Waals surface area contributed by atoms with Crippen LogP contribution in [0.4, 0.5) is 0 Å². The molecule has 0 aromatic carbocycles. The molecule has 0 aromatic rings. The summed E-state index contributed by atoms with van der Waals surface area (Å²) >= 11 is 0.